The summed E-state index contributed by atoms with van der Waals surface area (Å²) < 4.78 is 5.51. The first-order valence-electron chi connectivity index (χ1n) is 5.93. The summed E-state index contributed by atoms with van der Waals surface area (Å²) in [6.07, 6.45) is -0.363. The van der Waals surface area contributed by atoms with Crippen molar-refractivity contribution < 1.29 is 9.84 Å². The maximum Gasteiger partial charge on any atom is 0.0900 e. The van der Waals surface area contributed by atoms with Crippen molar-refractivity contribution >= 4 is 23.1 Å². The zero-order valence-electron chi connectivity index (χ0n) is 9.88. The van der Waals surface area contributed by atoms with Gasteiger partial charge in [-0.25, -0.2) is 0 Å². The van der Waals surface area contributed by atoms with Crippen LogP contribution in [-0.4, -0.2) is 53.9 Å². The number of rotatable bonds is 6. The molecule has 0 radical (unpaired) electrons. The lowest BCUT2D eigenvalue weighted by Crippen LogP contribution is -2.39. The molecule has 1 aliphatic heterocycles. The zero-order chi connectivity index (χ0) is 11.9. The van der Waals surface area contributed by atoms with E-state index >= 15 is 0 Å². The van der Waals surface area contributed by atoms with E-state index < -0.39 is 0 Å². The second-order valence-corrected chi connectivity index (χ2v) is 6.42. The highest BCUT2D eigenvalue weighted by atomic mass is 32.2. The minimum Gasteiger partial charge on any atom is -0.389 e. The Labute approximate surface area is 111 Å². The predicted molar refractivity (Wildman–Crippen MR) is 73.7 cm³/mol. The Bertz CT molecular complexity index is 299. The van der Waals surface area contributed by atoms with Crippen LogP contribution in [0.15, 0.2) is 17.5 Å². The molecule has 17 heavy (non-hydrogen) atoms. The van der Waals surface area contributed by atoms with Gasteiger partial charge in [0.15, 0.2) is 0 Å². The molecular formula is C12H19NO2S2. The van der Waals surface area contributed by atoms with Crippen LogP contribution in [-0.2, 0) is 11.3 Å². The lowest BCUT2D eigenvalue weighted by Gasteiger charge is -2.28. The maximum absolute atomic E-state index is 9.86. The van der Waals surface area contributed by atoms with Crippen LogP contribution < -0.4 is 0 Å². The van der Waals surface area contributed by atoms with Crippen LogP contribution in [0.5, 0.6) is 0 Å². The molecule has 1 aromatic heterocycles. The largest absolute Gasteiger partial charge is 0.389 e. The molecule has 1 aromatic rings. The van der Waals surface area contributed by atoms with Crippen molar-refractivity contribution in [1.29, 1.82) is 0 Å². The summed E-state index contributed by atoms with van der Waals surface area (Å²) in [7, 11) is 0. The zero-order valence-corrected chi connectivity index (χ0v) is 11.5. The number of aliphatic hydroxyl groups excluding tert-OH is 1. The van der Waals surface area contributed by atoms with E-state index in [-0.39, 0.29) is 6.10 Å². The normalized spacial score (nSPS) is 19.4. The minimum atomic E-state index is -0.363. The Hall–Kier alpha value is -0.0700. The van der Waals surface area contributed by atoms with Gasteiger partial charge in [0.25, 0.3) is 0 Å². The summed E-state index contributed by atoms with van der Waals surface area (Å²) in [5.74, 6) is 2.37. The number of nitrogens with zero attached hydrogens (tertiary/aromatic N) is 1. The van der Waals surface area contributed by atoms with E-state index in [9.17, 15) is 5.11 Å². The van der Waals surface area contributed by atoms with Gasteiger partial charge < -0.3 is 9.84 Å². The first kappa shape index (κ1) is 13.4. The fourth-order valence-corrected chi connectivity index (χ4v) is 3.44. The van der Waals surface area contributed by atoms with Gasteiger partial charge in [0, 0.05) is 36.0 Å². The van der Waals surface area contributed by atoms with Crippen LogP contribution in [0.25, 0.3) is 0 Å². The van der Waals surface area contributed by atoms with E-state index in [0.717, 1.165) is 19.6 Å². The maximum atomic E-state index is 9.86. The first-order chi connectivity index (χ1) is 8.34. The van der Waals surface area contributed by atoms with Gasteiger partial charge in [-0.3, -0.25) is 4.90 Å². The first-order valence-corrected chi connectivity index (χ1v) is 7.96. The van der Waals surface area contributed by atoms with Gasteiger partial charge in [0.05, 0.1) is 19.3 Å². The lowest BCUT2D eigenvalue weighted by molar-refractivity contribution is 0.0122. The topological polar surface area (TPSA) is 32.7 Å². The van der Waals surface area contributed by atoms with Crippen LogP contribution in [0.4, 0.5) is 0 Å². The summed E-state index contributed by atoms with van der Waals surface area (Å²) in [5, 5.41) is 11.9. The van der Waals surface area contributed by atoms with E-state index in [2.05, 4.69) is 11.0 Å². The molecule has 1 saturated heterocycles. The summed E-state index contributed by atoms with van der Waals surface area (Å²) in [6.45, 7) is 3.97. The molecule has 0 saturated carbocycles. The molecule has 1 atom stereocenters. The number of aliphatic hydroxyl groups is 1. The van der Waals surface area contributed by atoms with Gasteiger partial charge in [0.1, 0.15) is 0 Å². The average molecular weight is 273 g/mol. The molecule has 0 bridgehead atoms. The van der Waals surface area contributed by atoms with Crippen molar-refractivity contribution in [2.45, 2.75) is 12.7 Å². The number of thiophene rings is 1. The van der Waals surface area contributed by atoms with Crippen molar-refractivity contribution in [1.82, 2.24) is 4.90 Å². The second-order valence-electron chi connectivity index (χ2n) is 4.16. The standard InChI is InChI=1S/C12H19NO2S2/c14-11(8-13-3-6-16-7-4-13)9-15-10-12-2-1-5-17-12/h1-2,5,11,14H,3-4,6-10H2. The van der Waals surface area contributed by atoms with Crippen molar-refractivity contribution in [3.63, 3.8) is 0 Å². The van der Waals surface area contributed by atoms with Gasteiger partial charge in [-0.1, -0.05) is 6.07 Å². The summed E-state index contributed by atoms with van der Waals surface area (Å²) in [6, 6.07) is 4.07. The van der Waals surface area contributed by atoms with Crippen LogP contribution in [0.3, 0.4) is 0 Å². The van der Waals surface area contributed by atoms with Crippen LogP contribution >= 0.6 is 23.1 Å². The molecule has 5 heteroatoms. The number of thioether (sulfide) groups is 1. The third-order valence-corrected chi connectivity index (χ3v) is 4.50. The molecule has 96 valence electrons. The van der Waals surface area contributed by atoms with Gasteiger partial charge in [-0.05, 0) is 11.4 Å². The van der Waals surface area contributed by atoms with Crippen LogP contribution in [0.1, 0.15) is 4.88 Å². The fraction of sp³-hybridized carbons (Fsp3) is 0.667. The summed E-state index contributed by atoms with van der Waals surface area (Å²) in [4.78, 5) is 3.53. The Kier molecular flexibility index (Phi) is 5.80. The van der Waals surface area contributed by atoms with Gasteiger partial charge in [-0.2, -0.15) is 11.8 Å². The molecule has 0 aromatic carbocycles. The van der Waals surface area contributed by atoms with Gasteiger partial charge in [0.2, 0.25) is 0 Å². The quantitative estimate of drug-likeness (QED) is 0.855. The van der Waals surface area contributed by atoms with E-state index in [1.807, 2.05) is 23.2 Å². The Morgan fingerprint density at radius 2 is 2.24 bits per heavy atom. The van der Waals surface area contributed by atoms with Crippen molar-refractivity contribution in [3.8, 4) is 0 Å². The number of hydrogen-bond acceptors (Lipinski definition) is 5. The van der Waals surface area contributed by atoms with E-state index in [4.69, 9.17) is 4.74 Å². The van der Waals surface area contributed by atoms with E-state index in [1.165, 1.54) is 16.4 Å². The third kappa shape index (κ3) is 4.97. The Balaban J connectivity index is 1.58. The fourth-order valence-electron chi connectivity index (χ4n) is 1.82. The molecular weight excluding hydrogens is 254 g/mol. The van der Waals surface area contributed by atoms with Crippen molar-refractivity contribution in [2.75, 3.05) is 37.7 Å². The van der Waals surface area contributed by atoms with Crippen LogP contribution in [0, 0.1) is 0 Å². The smallest absolute Gasteiger partial charge is 0.0900 e. The Morgan fingerprint density at radius 3 is 2.94 bits per heavy atom. The second kappa shape index (κ2) is 7.38. The molecule has 1 fully saturated rings. The lowest BCUT2D eigenvalue weighted by atomic mass is 10.3. The minimum absolute atomic E-state index is 0.363. The number of hydrogen-bond donors (Lipinski definition) is 1. The third-order valence-electron chi connectivity index (χ3n) is 2.71. The molecule has 2 rings (SSSR count). The molecule has 0 spiro atoms. The van der Waals surface area contributed by atoms with Crippen molar-refractivity contribution in [2.24, 2.45) is 0 Å². The van der Waals surface area contributed by atoms with Gasteiger partial charge in [-0.15, -0.1) is 11.3 Å². The molecule has 0 aliphatic carbocycles. The number of ether oxygens (including phenoxy) is 1. The summed E-state index contributed by atoms with van der Waals surface area (Å²) >= 11 is 3.68. The van der Waals surface area contributed by atoms with Gasteiger partial charge >= 0.3 is 0 Å². The number of β-amino-alcohol motifs (C(OH)–C–C–N with tert-alkyl or cyclic N) is 1. The molecule has 3 nitrogen and oxygen atoms in total. The highest BCUT2D eigenvalue weighted by molar-refractivity contribution is 7.99. The highest BCUT2D eigenvalue weighted by Crippen LogP contribution is 2.11. The molecule has 1 N–H and O–H groups in total. The molecule has 0 amide bonds. The van der Waals surface area contributed by atoms with Crippen molar-refractivity contribution in [3.05, 3.63) is 22.4 Å². The molecule has 1 unspecified atom stereocenters. The van der Waals surface area contributed by atoms with E-state index in [1.54, 1.807) is 11.3 Å². The highest BCUT2D eigenvalue weighted by Gasteiger charge is 2.14. The molecule has 2 heterocycles. The molecule has 1 aliphatic rings. The Morgan fingerprint density at radius 1 is 1.41 bits per heavy atom. The summed E-state index contributed by atoms with van der Waals surface area (Å²) in [5.41, 5.74) is 0. The average Bonchev–Trinajstić information content (AvgIpc) is 2.83. The van der Waals surface area contributed by atoms with E-state index in [0.29, 0.717) is 13.2 Å². The SMILES string of the molecule is OC(COCc1cccs1)CN1CCSCC1. The predicted octanol–water partition coefficient (Wildman–Crippen LogP) is 1.67. The monoisotopic (exact) mass is 273 g/mol. The van der Waals surface area contributed by atoms with Crippen LogP contribution in [0.2, 0.25) is 0 Å².